The van der Waals surface area contributed by atoms with Crippen molar-refractivity contribution >= 4 is 7.60 Å². The molecular formula is C16H22N3O9P. The van der Waals surface area contributed by atoms with E-state index in [4.69, 9.17) is 24.0 Å². The van der Waals surface area contributed by atoms with Crippen molar-refractivity contribution in [2.45, 2.75) is 30.6 Å². The van der Waals surface area contributed by atoms with Crippen LogP contribution in [0.15, 0.2) is 24.4 Å². The largest absolute Gasteiger partial charge is 0.497 e. The number of benzene rings is 1. The van der Waals surface area contributed by atoms with E-state index in [-0.39, 0.29) is 0 Å². The molecule has 0 unspecified atom stereocenters. The molecule has 1 fully saturated rings. The molecule has 0 radical (unpaired) electrons. The van der Waals surface area contributed by atoms with Crippen LogP contribution in [0.25, 0.3) is 11.3 Å². The average molecular weight is 431 g/mol. The second-order valence-corrected chi connectivity index (χ2v) is 8.23. The highest BCUT2D eigenvalue weighted by molar-refractivity contribution is 7.51. The molecule has 0 bridgehead atoms. The van der Waals surface area contributed by atoms with Gasteiger partial charge in [0.2, 0.25) is 0 Å². The molecule has 3 rings (SSSR count). The van der Waals surface area contributed by atoms with Gasteiger partial charge in [-0.05, 0) is 12.1 Å². The maximum Gasteiger partial charge on any atom is 0.328 e. The van der Waals surface area contributed by atoms with E-state index in [9.17, 15) is 19.9 Å². The molecule has 1 aliphatic heterocycles. The van der Waals surface area contributed by atoms with Gasteiger partial charge in [0.25, 0.3) is 0 Å². The van der Waals surface area contributed by atoms with Crippen molar-refractivity contribution in [2.24, 2.45) is 0 Å². The molecular weight excluding hydrogens is 409 g/mol. The standard InChI is InChI=1S/C16H22N3O9P/c1-26-8-3-4-9(12(5-8)27-2)10-6-19(18-17-10)16-14(22)13(21)15(28-16)11(20)7-29(23,24)25/h3-6,11,13-16,20-22H,7H2,1-2H3,(H2,23,24,25)/t11-,13+,14-,15-,16-/m1/s1. The lowest BCUT2D eigenvalue weighted by Crippen LogP contribution is -2.40. The Kier molecular flexibility index (Phi) is 6.24. The molecule has 1 aliphatic rings. The van der Waals surface area contributed by atoms with Gasteiger partial charge in [-0.3, -0.25) is 4.57 Å². The van der Waals surface area contributed by atoms with Crippen LogP contribution in [0, 0.1) is 0 Å². The lowest BCUT2D eigenvalue weighted by Gasteiger charge is -2.21. The first kappa shape index (κ1) is 21.7. The SMILES string of the molecule is COc1ccc(-c2cn([C@@H]3O[C@H]([C@H](O)CP(=O)(O)O)[C@@H](O)[C@H]3O)nn2)c(OC)c1. The third-order valence-electron chi connectivity index (χ3n) is 4.54. The number of methoxy groups -OCH3 is 2. The van der Waals surface area contributed by atoms with Gasteiger partial charge in [0.15, 0.2) is 6.23 Å². The summed E-state index contributed by atoms with van der Waals surface area (Å²) < 4.78 is 28.2. The number of hydrogen-bond donors (Lipinski definition) is 5. The average Bonchev–Trinajstić information content (AvgIpc) is 3.25. The highest BCUT2D eigenvalue weighted by Crippen LogP contribution is 2.39. The first-order valence-electron chi connectivity index (χ1n) is 8.53. The molecule has 29 heavy (non-hydrogen) atoms. The van der Waals surface area contributed by atoms with Crippen LogP contribution in [0.3, 0.4) is 0 Å². The highest BCUT2D eigenvalue weighted by atomic mass is 31.2. The third kappa shape index (κ3) is 4.59. The first-order chi connectivity index (χ1) is 13.6. The van der Waals surface area contributed by atoms with Crippen LogP contribution in [0.2, 0.25) is 0 Å². The summed E-state index contributed by atoms with van der Waals surface area (Å²) in [5, 5.41) is 38.3. The monoisotopic (exact) mass is 431 g/mol. The predicted octanol–water partition coefficient (Wildman–Crippen LogP) is -0.880. The van der Waals surface area contributed by atoms with Crippen molar-refractivity contribution in [3.8, 4) is 22.8 Å². The minimum atomic E-state index is -4.55. The van der Waals surface area contributed by atoms with E-state index in [0.717, 1.165) is 4.68 Å². The maximum absolute atomic E-state index is 11.1. The molecule has 1 aromatic carbocycles. The van der Waals surface area contributed by atoms with E-state index >= 15 is 0 Å². The van der Waals surface area contributed by atoms with Gasteiger partial charge in [-0.15, -0.1) is 5.10 Å². The number of hydrogen-bond acceptors (Lipinski definition) is 9. The van der Waals surface area contributed by atoms with E-state index in [1.807, 2.05) is 0 Å². The lowest BCUT2D eigenvalue weighted by atomic mass is 10.1. The summed E-state index contributed by atoms with van der Waals surface area (Å²) in [6.45, 7) is 0. The number of aliphatic hydroxyl groups is 3. The summed E-state index contributed by atoms with van der Waals surface area (Å²) in [4.78, 5) is 18.0. The fourth-order valence-electron chi connectivity index (χ4n) is 3.10. The Balaban J connectivity index is 1.83. The summed E-state index contributed by atoms with van der Waals surface area (Å²) >= 11 is 0. The van der Waals surface area contributed by atoms with Gasteiger partial charge in [-0.2, -0.15) is 0 Å². The number of ether oxygens (including phenoxy) is 3. The van der Waals surface area contributed by atoms with Gasteiger partial charge in [-0.25, -0.2) is 4.68 Å². The summed E-state index contributed by atoms with van der Waals surface area (Å²) in [5.41, 5.74) is 0.972. The second kappa shape index (κ2) is 8.36. The molecule has 0 spiro atoms. The molecule has 2 heterocycles. The Morgan fingerprint density at radius 2 is 1.97 bits per heavy atom. The fourth-order valence-corrected chi connectivity index (χ4v) is 3.80. The van der Waals surface area contributed by atoms with Crippen LogP contribution in [0.5, 0.6) is 11.5 Å². The van der Waals surface area contributed by atoms with Gasteiger partial charge < -0.3 is 39.3 Å². The predicted molar refractivity (Wildman–Crippen MR) is 97.4 cm³/mol. The van der Waals surface area contributed by atoms with E-state index in [0.29, 0.717) is 22.8 Å². The molecule has 1 saturated heterocycles. The zero-order valence-electron chi connectivity index (χ0n) is 15.6. The van der Waals surface area contributed by atoms with Crippen LogP contribution in [0.4, 0.5) is 0 Å². The van der Waals surface area contributed by atoms with Crippen LogP contribution in [0.1, 0.15) is 6.23 Å². The van der Waals surface area contributed by atoms with E-state index in [2.05, 4.69) is 10.3 Å². The van der Waals surface area contributed by atoms with Crippen molar-refractivity contribution in [3.63, 3.8) is 0 Å². The molecule has 160 valence electrons. The van der Waals surface area contributed by atoms with Crippen molar-refractivity contribution in [3.05, 3.63) is 24.4 Å². The van der Waals surface area contributed by atoms with Crippen molar-refractivity contribution in [1.82, 2.24) is 15.0 Å². The number of aromatic nitrogens is 3. The van der Waals surface area contributed by atoms with Crippen LogP contribution >= 0.6 is 7.60 Å². The van der Waals surface area contributed by atoms with E-state index in [1.165, 1.54) is 20.4 Å². The Morgan fingerprint density at radius 1 is 1.24 bits per heavy atom. The lowest BCUT2D eigenvalue weighted by molar-refractivity contribution is -0.0832. The number of aliphatic hydroxyl groups excluding tert-OH is 3. The normalized spacial score (nSPS) is 25.8. The van der Waals surface area contributed by atoms with Crippen LogP contribution in [-0.4, -0.2) is 84.9 Å². The summed E-state index contributed by atoms with van der Waals surface area (Å²) in [6, 6.07) is 5.07. The molecule has 2 aromatic rings. The molecule has 12 nitrogen and oxygen atoms in total. The molecule has 0 saturated carbocycles. The highest BCUT2D eigenvalue weighted by Gasteiger charge is 2.48. The zero-order chi connectivity index (χ0) is 21.3. The van der Waals surface area contributed by atoms with Gasteiger partial charge in [0.1, 0.15) is 35.5 Å². The molecule has 0 amide bonds. The number of nitrogens with zero attached hydrogens (tertiary/aromatic N) is 3. The summed E-state index contributed by atoms with van der Waals surface area (Å²) in [6.07, 6.45) is -6.86. The molecule has 5 N–H and O–H groups in total. The fraction of sp³-hybridized carbons (Fsp3) is 0.500. The van der Waals surface area contributed by atoms with Gasteiger partial charge in [-0.1, -0.05) is 5.21 Å². The van der Waals surface area contributed by atoms with Gasteiger partial charge in [0, 0.05) is 11.6 Å². The summed E-state index contributed by atoms with van der Waals surface area (Å²) in [7, 11) is -1.54. The van der Waals surface area contributed by atoms with Crippen molar-refractivity contribution in [2.75, 3.05) is 20.4 Å². The van der Waals surface area contributed by atoms with E-state index < -0.39 is 44.4 Å². The molecule has 5 atom stereocenters. The van der Waals surface area contributed by atoms with Gasteiger partial charge >= 0.3 is 7.60 Å². The number of rotatable bonds is 7. The molecule has 1 aromatic heterocycles. The second-order valence-electron chi connectivity index (χ2n) is 6.54. The Bertz CT molecular complexity index is 902. The quantitative estimate of drug-likeness (QED) is 0.344. The maximum atomic E-state index is 11.1. The van der Waals surface area contributed by atoms with Gasteiger partial charge in [0.05, 0.1) is 32.7 Å². The summed E-state index contributed by atoms with van der Waals surface area (Å²) in [5.74, 6) is 1.05. The first-order valence-corrected chi connectivity index (χ1v) is 10.3. The van der Waals surface area contributed by atoms with Crippen LogP contribution < -0.4 is 9.47 Å². The van der Waals surface area contributed by atoms with E-state index in [1.54, 1.807) is 18.2 Å². The van der Waals surface area contributed by atoms with Crippen LogP contribution in [-0.2, 0) is 9.30 Å². The third-order valence-corrected chi connectivity index (χ3v) is 5.38. The minimum Gasteiger partial charge on any atom is -0.497 e. The Hall–Kier alpha value is -2.05. The molecule has 0 aliphatic carbocycles. The zero-order valence-corrected chi connectivity index (χ0v) is 16.5. The topological polar surface area (TPSA) is 177 Å². The smallest absolute Gasteiger partial charge is 0.328 e. The van der Waals surface area contributed by atoms with Crippen molar-refractivity contribution < 1.29 is 43.9 Å². The van der Waals surface area contributed by atoms with Crippen molar-refractivity contribution in [1.29, 1.82) is 0 Å². The minimum absolute atomic E-state index is 0.383. The Morgan fingerprint density at radius 3 is 2.59 bits per heavy atom. The molecule has 13 heteroatoms. The Labute approximate surface area is 165 Å².